The predicted molar refractivity (Wildman–Crippen MR) is 85.1 cm³/mol. The average molecular weight is 270 g/mol. The molecule has 0 unspecified atom stereocenters. The Morgan fingerprint density at radius 1 is 1.25 bits per heavy atom. The van der Waals surface area contributed by atoms with Crippen LogP contribution in [-0.2, 0) is 0 Å². The summed E-state index contributed by atoms with van der Waals surface area (Å²) < 4.78 is 0. The average Bonchev–Trinajstić information content (AvgIpc) is 2.47. The monoisotopic (exact) mass is 270 g/mol. The first-order valence-corrected chi connectivity index (χ1v) is 7.21. The Bertz CT molecular complexity index is 602. The molecule has 2 aromatic rings. The van der Waals surface area contributed by atoms with Crippen LogP contribution in [0.2, 0.25) is 0 Å². The zero-order chi connectivity index (χ0) is 14.1. The highest BCUT2D eigenvalue weighted by Crippen LogP contribution is 2.30. The number of hydrogen-bond acceptors (Lipinski definition) is 4. The number of aromatic nitrogens is 1. The molecule has 2 N–H and O–H groups in total. The van der Waals surface area contributed by atoms with Crippen LogP contribution in [0.15, 0.2) is 30.5 Å². The van der Waals surface area contributed by atoms with E-state index in [9.17, 15) is 0 Å². The molecule has 1 aliphatic rings. The molecule has 1 aromatic heterocycles. The number of anilines is 2. The van der Waals surface area contributed by atoms with Crippen molar-refractivity contribution in [3.63, 3.8) is 0 Å². The van der Waals surface area contributed by atoms with Gasteiger partial charge in [-0.1, -0.05) is 12.1 Å². The van der Waals surface area contributed by atoms with Crippen molar-refractivity contribution in [2.45, 2.75) is 18.9 Å². The van der Waals surface area contributed by atoms with E-state index in [1.165, 1.54) is 31.6 Å². The van der Waals surface area contributed by atoms with Gasteiger partial charge in [-0.2, -0.15) is 0 Å². The van der Waals surface area contributed by atoms with E-state index in [-0.39, 0.29) is 0 Å². The van der Waals surface area contributed by atoms with Gasteiger partial charge >= 0.3 is 0 Å². The van der Waals surface area contributed by atoms with Crippen LogP contribution >= 0.6 is 0 Å². The highest BCUT2D eigenvalue weighted by molar-refractivity contribution is 5.98. The largest absolute Gasteiger partial charge is 0.397 e. The number of pyridine rings is 1. The van der Waals surface area contributed by atoms with Gasteiger partial charge in [0.25, 0.3) is 0 Å². The van der Waals surface area contributed by atoms with E-state index in [2.05, 4.69) is 41.0 Å². The SMILES string of the molecule is CN1CCC(N(C)c2ccnc3c(N)cccc23)CC1. The normalized spacial score (nSPS) is 17.5. The van der Waals surface area contributed by atoms with Crippen LogP contribution < -0.4 is 10.6 Å². The van der Waals surface area contributed by atoms with E-state index in [4.69, 9.17) is 5.73 Å². The van der Waals surface area contributed by atoms with Crippen LogP contribution in [0.5, 0.6) is 0 Å². The second-order valence-electron chi connectivity index (χ2n) is 5.72. The number of para-hydroxylation sites is 1. The summed E-state index contributed by atoms with van der Waals surface area (Å²) in [6, 6.07) is 8.72. The van der Waals surface area contributed by atoms with Gasteiger partial charge in [-0.3, -0.25) is 4.98 Å². The number of nitrogens with zero attached hydrogens (tertiary/aromatic N) is 3. The van der Waals surface area contributed by atoms with Gasteiger partial charge in [-0.25, -0.2) is 0 Å². The van der Waals surface area contributed by atoms with E-state index >= 15 is 0 Å². The first-order valence-electron chi connectivity index (χ1n) is 7.21. The summed E-state index contributed by atoms with van der Waals surface area (Å²) in [4.78, 5) is 9.22. The molecule has 1 fully saturated rings. The number of benzene rings is 1. The molecule has 1 aromatic carbocycles. The van der Waals surface area contributed by atoms with Crippen LogP contribution in [0.25, 0.3) is 10.9 Å². The zero-order valence-corrected chi connectivity index (χ0v) is 12.2. The summed E-state index contributed by atoms with van der Waals surface area (Å²) >= 11 is 0. The van der Waals surface area contributed by atoms with Crippen molar-refractivity contribution in [2.24, 2.45) is 0 Å². The smallest absolute Gasteiger partial charge is 0.0951 e. The summed E-state index contributed by atoms with van der Waals surface area (Å²) in [6.07, 6.45) is 4.28. The number of nitrogens with two attached hydrogens (primary N) is 1. The maximum Gasteiger partial charge on any atom is 0.0951 e. The molecule has 1 aliphatic heterocycles. The molecule has 0 amide bonds. The van der Waals surface area contributed by atoms with E-state index in [1.54, 1.807) is 0 Å². The third-order valence-corrected chi connectivity index (χ3v) is 4.40. The lowest BCUT2D eigenvalue weighted by molar-refractivity contribution is 0.253. The van der Waals surface area contributed by atoms with E-state index in [0.29, 0.717) is 6.04 Å². The molecule has 20 heavy (non-hydrogen) atoms. The summed E-state index contributed by atoms with van der Waals surface area (Å²) in [7, 11) is 4.38. The van der Waals surface area contributed by atoms with Crippen molar-refractivity contribution in [1.29, 1.82) is 0 Å². The molecule has 0 aliphatic carbocycles. The van der Waals surface area contributed by atoms with Gasteiger partial charge in [0.2, 0.25) is 0 Å². The van der Waals surface area contributed by atoms with Gasteiger partial charge in [0.15, 0.2) is 0 Å². The van der Waals surface area contributed by atoms with Crippen LogP contribution in [0, 0.1) is 0 Å². The second kappa shape index (κ2) is 5.29. The van der Waals surface area contributed by atoms with Crippen LogP contribution in [-0.4, -0.2) is 43.1 Å². The molecule has 4 heteroatoms. The van der Waals surface area contributed by atoms with E-state index < -0.39 is 0 Å². The second-order valence-corrected chi connectivity index (χ2v) is 5.72. The van der Waals surface area contributed by atoms with Gasteiger partial charge in [0.1, 0.15) is 0 Å². The standard InChI is InChI=1S/C16H22N4/c1-19-10-7-12(8-11-19)20(2)15-6-9-18-16-13(15)4-3-5-14(16)17/h3-6,9,12H,7-8,10-11,17H2,1-2H3. The molecule has 0 spiro atoms. The first kappa shape index (κ1) is 13.2. The van der Waals surface area contributed by atoms with Crippen molar-refractivity contribution in [3.05, 3.63) is 30.5 Å². The van der Waals surface area contributed by atoms with Crippen LogP contribution in [0.1, 0.15) is 12.8 Å². The first-order chi connectivity index (χ1) is 9.66. The fourth-order valence-corrected chi connectivity index (χ4v) is 3.07. The highest BCUT2D eigenvalue weighted by atomic mass is 15.2. The Kier molecular flexibility index (Phi) is 3.49. The molecule has 0 radical (unpaired) electrons. The fraction of sp³-hybridized carbons (Fsp3) is 0.438. The summed E-state index contributed by atoms with van der Waals surface area (Å²) in [5.74, 6) is 0. The van der Waals surface area contributed by atoms with Crippen molar-refractivity contribution in [2.75, 3.05) is 37.8 Å². The summed E-state index contributed by atoms with van der Waals surface area (Å²) in [6.45, 7) is 2.33. The maximum absolute atomic E-state index is 6.03. The minimum Gasteiger partial charge on any atom is -0.397 e. The summed E-state index contributed by atoms with van der Waals surface area (Å²) in [5, 5.41) is 1.15. The van der Waals surface area contributed by atoms with Crippen molar-refractivity contribution < 1.29 is 0 Å². The van der Waals surface area contributed by atoms with Gasteiger partial charge in [0.05, 0.1) is 11.2 Å². The lowest BCUT2D eigenvalue weighted by Gasteiger charge is -2.36. The Morgan fingerprint density at radius 3 is 2.75 bits per heavy atom. The van der Waals surface area contributed by atoms with Crippen molar-refractivity contribution >= 4 is 22.3 Å². The Morgan fingerprint density at radius 2 is 2.00 bits per heavy atom. The topological polar surface area (TPSA) is 45.4 Å². The molecule has 3 rings (SSSR count). The van der Waals surface area contributed by atoms with E-state index in [1.807, 2.05) is 18.3 Å². The van der Waals surface area contributed by atoms with Crippen LogP contribution in [0.4, 0.5) is 11.4 Å². The van der Waals surface area contributed by atoms with Gasteiger partial charge < -0.3 is 15.5 Å². The molecule has 0 saturated carbocycles. The van der Waals surface area contributed by atoms with Gasteiger partial charge in [0, 0.05) is 30.4 Å². The van der Waals surface area contributed by atoms with Gasteiger partial charge in [-0.15, -0.1) is 0 Å². The Labute approximate surface area is 120 Å². The zero-order valence-electron chi connectivity index (χ0n) is 12.2. The van der Waals surface area contributed by atoms with Crippen molar-refractivity contribution in [1.82, 2.24) is 9.88 Å². The molecular weight excluding hydrogens is 248 g/mol. The number of piperidine rings is 1. The minimum absolute atomic E-state index is 0.596. The molecule has 1 saturated heterocycles. The fourth-order valence-electron chi connectivity index (χ4n) is 3.07. The lowest BCUT2D eigenvalue weighted by Crippen LogP contribution is -2.42. The molecule has 0 bridgehead atoms. The molecule has 0 atom stereocenters. The third kappa shape index (κ3) is 2.31. The third-order valence-electron chi connectivity index (χ3n) is 4.40. The quantitative estimate of drug-likeness (QED) is 0.851. The van der Waals surface area contributed by atoms with Crippen molar-refractivity contribution in [3.8, 4) is 0 Å². The molecule has 4 nitrogen and oxygen atoms in total. The molecule has 106 valence electrons. The Balaban J connectivity index is 1.95. The minimum atomic E-state index is 0.596. The number of hydrogen-bond donors (Lipinski definition) is 1. The number of rotatable bonds is 2. The molecular formula is C16H22N4. The van der Waals surface area contributed by atoms with Crippen LogP contribution in [0.3, 0.4) is 0 Å². The predicted octanol–water partition coefficient (Wildman–Crippen LogP) is 2.35. The number of likely N-dealkylation sites (tertiary alicyclic amines) is 1. The number of fused-ring (bicyclic) bond motifs is 1. The lowest BCUT2D eigenvalue weighted by atomic mass is 10.0. The summed E-state index contributed by atoms with van der Waals surface area (Å²) in [5.41, 5.74) is 8.93. The number of nitrogen functional groups attached to an aromatic ring is 1. The van der Waals surface area contributed by atoms with E-state index in [0.717, 1.165) is 16.6 Å². The maximum atomic E-state index is 6.03. The van der Waals surface area contributed by atoms with Gasteiger partial charge in [-0.05, 0) is 45.1 Å². The molecule has 2 heterocycles. The Hall–Kier alpha value is -1.81. The highest BCUT2D eigenvalue weighted by Gasteiger charge is 2.22.